The molecule has 0 saturated heterocycles. The summed E-state index contributed by atoms with van der Waals surface area (Å²) in [7, 11) is -3.82. The van der Waals surface area contributed by atoms with Crippen molar-refractivity contribution in [3.05, 3.63) is 59.9 Å². The molecule has 31 heavy (non-hydrogen) atoms. The van der Waals surface area contributed by atoms with Gasteiger partial charge in [0.1, 0.15) is 11.7 Å². The summed E-state index contributed by atoms with van der Waals surface area (Å²) >= 11 is 0. The normalized spacial score (nSPS) is 14.3. The molecule has 0 spiro atoms. The maximum atomic E-state index is 12.9. The number of carbonyl (C=O) groups excluding carboxylic acids is 2. The lowest BCUT2D eigenvalue weighted by Crippen LogP contribution is -2.30. The lowest BCUT2D eigenvalue weighted by Gasteiger charge is -2.11. The minimum Gasteiger partial charge on any atom is -0.326 e. The van der Waals surface area contributed by atoms with Gasteiger partial charge in [0.05, 0.1) is 4.90 Å². The Kier molecular flexibility index (Phi) is 7.51. The highest BCUT2D eigenvalue weighted by molar-refractivity contribution is 7.90. The van der Waals surface area contributed by atoms with E-state index in [0.29, 0.717) is 30.1 Å². The van der Waals surface area contributed by atoms with Crippen LogP contribution in [0.4, 0.5) is 10.1 Å². The predicted octanol–water partition coefficient (Wildman–Crippen LogP) is 3.68. The topological polar surface area (TPSA) is 105 Å². The van der Waals surface area contributed by atoms with Crippen LogP contribution in [0.1, 0.15) is 48.9 Å². The number of nitrogens with one attached hydrogen (secondary N) is 2. The quantitative estimate of drug-likeness (QED) is 0.634. The van der Waals surface area contributed by atoms with Crippen LogP contribution in [0.3, 0.4) is 0 Å². The van der Waals surface area contributed by atoms with Crippen molar-refractivity contribution in [2.45, 2.75) is 43.4 Å². The summed E-state index contributed by atoms with van der Waals surface area (Å²) in [4.78, 5) is 28.6. The second-order valence-electron chi connectivity index (χ2n) is 7.25. The van der Waals surface area contributed by atoms with Crippen LogP contribution in [-0.2, 0) is 14.8 Å². The molecular formula is C22H24FN3O4S. The molecule has 1 aliphatic rings. The van der Waals surface area contributed by atoms with Gasteiger partial charge in [0.2, 0.25) is 5.91 Å². The van der Waals surface area contributed by atoms with E-state index in [1.54, 1.807) is 6.07 Å². The number of amidine groups is 1. The van der Waals surface area contributed by atoms with Gasteiger partial charge in [-0.2, -0.15) is 0 Å². The van der Waals surface area contributed by atoms with Crippen molar-refractivity contribution >= 4 is 33.2 Å². The van der Waals surface area contributed by atoms with E-state index in [0.717, 1.165) is 19.3 Å². The molecule has 3 rings (SSSR count). The number of hydrogen-bond donors (Lipinski definition) is 2. The van der Waals surface area contributed by atoms with E-state index in [1.165, 1.54) is 42.5 Å². The highest BCUT2D eigenvalue weighted by Crippen LogP contribution is 2.17. The Hall–Kier alpha value is -3.07. The predicted molar refractivity (Wildman–Crippen MR) is 116 cm³/mol. The monoisotopic (exact) mass is 445 g/mol. The Morgan fingerprint density at radius 3 is 2.55 bits per heavy atom. The maximum Gasteiger partial charge on any atom is 0.262 e. The molecule has 2 aromatic rings. The van der Waals surface area contributed by atoms with Gasteiger partial charge in [-0.1, -0.05) is 12.5 Å². The first-order valence-corrected chi connectivity index (χ1v) is 11.6. The molecule has 7 nitrogen and oxygen atoms in total. The van der Waals surface area contributed by atoms with Crippen LogP contribution in [-0.4, -0.2) is 32.5 Å². The molecular weight excluding hydrogens is 421 g/mol. The Morgan fingerprint density at radius 1 is 1.00 bits per heavy atom. The third-order valence-corrected chi connectivity index (χ3v) is 6.18. The standard InChI is InChI=1S/C22H24FN3O4S/c23-17-10-8-16(9-11-17)20(27)12-13-22(28)25-18-5-4-6-19(15-18)31(29,30)26-21-7-2-1-3-14-24-21/h4-6,8-11,15H,1-3,7,12-14H2,(H,24,26)(H,25,28). The highest BCUT2D eigenvalue weighted by atomic mass is 32.2. The number of ketones is 1. The number of benzene rings is 2. The molecule has 0 atom stereocenters. The van der Waals surface area contributed by atoms with Crippen molar-refractivity contribution < 1.29 is 22.4 Å². The molecule has 9 heteroatoms. The average Bonchev–Trinajstić information content (AvgIpc) is 3.01. The summed E-state index contributed by atoms with van der Waals surface area (Å²) in [5.74, 6) is -0.693. The molecule has 1 aliphatic heterocycles. The van der Waals surface area contributed by atoms with E-state index in [-0.39, 0.29) is 23.5 Å². The lowest BCUT2D eigenvalue weighted by molar-refractivity contribution is -0.116. The van der Waals surface area contributed by atoms with Crippen molar-refractivity contribution in [3.63, 3.8) is 0 Å². The van der Waals surface area contributed by atoms with Gasteiger partial charge >= 0.3 is 0 Å². The second kappa shape index (κ2) is 10.3. The average molecular weight is 446 g/mol. The number of halogens is 1. The number of aliphatic imine (C=N–C) groups is 1. The molecule has 0 bridgehead atoms. The van der Waals surface area contributed by atoms with Gasteiger partial charge in [-0.25, -0.2) is 12.8 Å². The van der Waals surface area contributed by atoms with E-state index < -0.39 is 21.7 Å². The fraction of sp³-hybridized carbons (Fsp3) is 0.318. The zero-order valence-corrected chi connectivity index (χ0v) is 17.8. The van der Waals surface area contributed by atoms with E-state index >= 15 is 0 Å². The number of carbonyl (C=O) groups is 2. The fourth-order valence-corrected chi connectivity index (χ4v) is 4.28. The molecule has 0 aliphatic carbocycles. The molecule has 1 heterocycles. The Balaban J connectivity index is 1.59. The number of Topliss-reactive ketones (excluding diaryl/α,β-unsaturated/α-hetero) is 1. The first-order chi connectivity index (χ1) is 14.8. The van der Waals surface area contributed by atoms with Crippen molar-refractivity contribution in [1.82, 2.24) is 4.72 Å². The zero-order valence-electron chi connectivity index (χ0n) is 16.9. The maximum absolute atomic E-state index is 12.9. The van der Waals surface area contributed by atoms with E-state index in [1.807, 2.05) is 0 Å². The molecule has 0 unspecified atom stereocenters. The molecule has 0 radical (unpaired) electrons. The van der Waals surface area contributed by atoms with Crippen molar-refractivity contribution in [2.75, 3.05) is 11.9 Å². The number of amides is 1. The molecule has 2 aromatic carbocycles. The zero-order chi connectivity index (χ0) is 22.3. The van der Waals surface area contributed by atoms with Crippen molar-refractivity contribution in [2.24, 2.45) is 4.99 Å². The summed E-state index contributed by atoms with van der Waals surface area (Å²) < 4.78 is 40.8. The van der Waals surface area contributed by atoms with Crippen LogP contribution in [0.25, 0.3) is 0 Å². The van der Waals surface area contributed by atoms with Gasteiger partial charge in [0.25, 0.3) is 10.0 Å². The molecule has 0 saturated carbocycles. The van der Waals surface area contributed by atoms with Crippen LogP contribution >= 0.6 is 0 Å². The molecule has 0 aromatic heterocycles. The van der Waals surface area contributed by atoms with Gasteiger partial charge in [-0.3, -0.25) is 19.3 Å². The summed E-state index contributed by atoms with van der Waals surface area (Å²) in [5.41, 5.74) is 0.639. The van der Waals surface area contributed by atoms with Crippen LogP contribution in [0.2, 0.25) is 0 Å². The van der Waals surface area contributed by atoms with E-state index in [4.69, 9.17) is 0 Å². The van der Waals surface area contributed by atoms with E-state index in [9.17, 15) is 22.4 Å². The van der Waals surface area contributed by atoms with Gasteiger partial charge in [-0.15, -0.1) is 0 Å². The van der Waals surface area contributed by atoms with Crippen molar-refractivity contribution in [3.8, 4) is 0 Å². The number of nitrogens with zero attached hydrogens (tertiary/aromatic N) is 1. The third-order valence-electron chi connectivity index (χ3n) is 4.80. The number of hydrogen-bond acceptors (Lipinski definition) is 5. The first-order valence-electron chi connectivity index (χ1n) is 10.1. The SMILES string of the molecule is O=C(CCC(=O)c1ccc(F)cc1)Nc1cccc(S(=O)(=O)NC2=NCCCCC2)c1. The summed E-state index contributed by atoms with van der Waals surface area (Å²) in [6.45, 7) is 0.602. The summed E-state index contributed by atoms with van der Waals surface area (Å²) in [6.07, 6.45) is 3.29. The van der Waals surface area contributed by atoms with Gasteiger partial charge in [-0.05, 0) is 55.3 Å². The largest absolute Gasteiger partial charge is 0.326 e. The molecule has 0 fully saturated rings. The Morgan fingerprint density at radius 2 is 1.77 bits per heavy atom. The number of anilines is 1. The Bertz CT molecular complexity index is 1080. The molecule has 2 N–H and O–H groups in total. The van der Waals surface area contributed by atoms with Gasteiger partial charge in [0.15, 0.2) is 5.78 Å². The minimum atomic E-state index is -3.82. The number of rotatable bonds is 7. The van der Waals surface area contributed by atoms with Crippen LogP contribution in [0, 0.1) is 5.82 Å². The Labute approximate surface area is 180 Å². The fourth-order valence-electron chi connectivity index (χ4n) is 3.14. The number of sulfonamides is 1. The molecule has 1 amide bonds. The van der Waals surface area contributed by atoms with Gasteiger partial charge < -0.3 is 5.32 Å². The summed E-state index contributed by atoms with van der Waals surface area (Å²) in [6, 6.07) is 11.0. The second-order valence-corrected chi connectivity index (χ2v) is 8.93. The van der Waals surface area contributed by atoms with Crippen LogP contribution in [0.5, 0.6) is 0 Å². The van der Waals surface area contributed by atoms with Crippen molar-refractivity contribution in [1.29, 1.82) is 0 Å². The van der Waals surface area contributed by atoms with Gasteiger partial charge in [0, 0.05) is 37.1 Å². The van der Waals surface area contributed by atoms with Crippen LogP contribution < -0.4 is 10.0 Å². The minimum absolute atomic E-state index is 0.0136. The summed E-state index contributed by atoms with van der Waals surface area (Å²) in [5, 5.41) is 2.61. The lowest BCUT2D eigenvalue weighted by atomic mass is 10.1. The highest BCUT2D eigenvalue weighted by Gasteiger charge is 2.18. The van der Waals surface area contributed by atoms with E-state index in [2.05, 4.69) is 15.0 Å². The smallest absolute Gasteiger partial charge is 0.262 e. The molecule has 164 valence electrons. The van der Waals surface area contributed by atoms with Crippen LogP contribution in [0.15, 0.2) is 58.4 Å². The first kappa shape index (κ1) is 22.6. The third kappa shape index (κ3) is 6.71.